The summed E-state index contributed by atoms with van der Waals surface area (Å²) in [7, 11) is 3.72. The molecule has 2 aromatic rings. The fourth-order valence-electron chi connectivity index (χ4n) is 2.64. The number of aromatic nitrogens is 5. The molecular weight excluding hydrogens is 298 g/mol. The van der Waals surface area contributed by atoms with Crippen molar-refractivity contribution in [1.29, 1.82) is 0 Å². The number of hydrogen-bond donors (Lipinski definition) is 1. The van der Waals surface area contributed by atoms with E-state index in [-0.39, 0.29) is 6.04 Å². The van der Waals surface area contributed by atoms with Gasteiger partial charge in [-0.3, -0.25) is 4.90 Å². The first-order valence-corrected chi connectivity index (χ1v) is 7.74. The van der Waals surface area contributed by atoms with Crippen LogP contribution in [0.1, 0.15) is 37.9 Å². The molecule has 1 unspecified atom stereocenters. The Balaban J connectivity index is 1.66. The molecule has 9 heteroatoms. The molecule has 9 nitrogen and oxygen atoms in total. The van der Waals surface area contributed by atoms with Crippen LogP contribution < -0.4 is 4.90 Å². The second kappa shape index (κ2) is 5.89. The van der Waals surface area contributed by atoms with Crippen molar-refractivity contribution in [3.63, 3.8) is 0 Å². The van der Waals surface area contributed by atoms with Crippen LogP contribution in [0.25, 0.3) is 0 Å². The topological polar surface area (TPSA) is 96.3 Å². The molecule has 0 aliphatic carbocycles. The van der Waals surface area contributed by atoms with E-state index < -0.39 is 5.60 Å². The van der Waals surface area contributed by atoms with Crippen LogP contribution in [0, 0.1) is 0 Å². The normalized spacial score (nSPS) is 22.2. The molecule has 3 rings (SSSR count). The molecule has 1 fully saturated rings. The maximum Gasteiger partial charge on any atom is 0.265 e. The summed E-state index contributed by atoms with van der Waals surface area (Å²) in [6, 6.07) is 0.222. The zero-order valence-electron chi connectivity index (χ0n) is 14.0. The second-order valence-corrected chi connectivity index (χ2v) is 6.55. The van der Waals surface area contributed by atoms with Crippen molar-refractivity contribution >= 4 is 5.95 Å². The van der Waals surface area contributed by atoms with E-state index in [9.17, 15) is 5.11 Å². The molecule has 0 saturated carbocycles. The molecule has 1 atom stereocenters. The fourth-order valence-corrected chi connectivity index (χ4v) is 2.64. The highest BCUT2D eigenvalue weighted by Crippen LogP contribution is 2.31. The molecule has 1 aliphatic rings. The molecule has 23 heavy (non-hydrogen) atoms. The molecule has 0 amide bonds. The lowest BCUT2D eigenvalue weighted by Gasteiger charge is -2.20. The van der Waals surface area contributed by atoms with Crippen molar-refractivity contribution in [3.8, 4) is 0 Å². The Bertz CT molecular complexity index is 666. The Morgan fingerprint density at radius 1 is 1.43 bits per heavy atom. The smallest absolute Gasteiger partial charge is 0.265 e. The van der Waals surface area contributed by atoms with Crippen LogP contribution in [0.5, 0.6) is 0 Å². The highest BCUT2D eigenvalue weighted by molar-refractivity contribution is 5.23. The van der Waals surface area contributed by atoms with Gasteiger partial charge in [0.2, 0.25) is 5.89 Å². The number of anilines is 1. The molecule has 0 spiro atoms. The lowest BCUT2D eigenvalue weighted by molar-refractivity contribution is 0.0397. The van der Waals surface area contributed by atoms with Crippen LogP contribution in [0.15, 0.2) is 10.7 Å². The van der Waals surface area contributed by atoms with Gasteiger partial charge in [-0.15, -0.1) is 5.10 Å². The van der Waals surface area contributed by atoms with Crippen molar-refractivity contribution in [3.05, 3.63) is 17.8 Å². The van der Waals surface area contributed by atoms with Crippen molar-refractivity contribution < 1.29 is 9.63 Å². The summed E-state index contributed by atoms with van der Waals surface area (Å²) >= 11 is 0. The maximum atomic E-state index is 10.9. The van der Waals surface area contributed by atoms with Gasteiger partial charge in [-0.1, -0.05) is 5.21 Å². The van der Waals surface area contributed by atoms with Crippen molar-refractivity contribution in [1.82, 2.24) is 30.0 Å². The van der Waals surface area contributed by atoms with E-state index in [0.717, 1.165) is 6.54 Å². The Kier molecular flexibility index (Phi) is 4.07. The number of hydrogen-bond acceptors (Lipinski definition) is 8. The first-order valence-electron chi connectivity index (χ1n) is 7.74. The van der Waals surface area contributed by atoms with Crippen molar-refractivity contribution in [2.75, 3.05) is 32.1 Å². The van der Waals surface area contributed by atoms with Crippen LogP contribution in [0.2, 0.25) is 0 Å². The number of aliphatic hydroxyl groups is 1. The average molecular weight is 321 g/mol. The molecule has 0 radical (unpaired) electrons. The lowest BCUT2D eigenvalue weighted by Crippen LogP contribution is -2.31. The van der Waals surface area contributed by atoms with E-state index in [2.05, 4.69) is 25.4 Å². The zero-order valence-corrected chi connectivity index (χ0v) is 14.0. The van der Waals surface area contributed by atoms with Gasteiger partial charge in [0.15, 0.2) is 0 Å². The Hall–Kier alpha value is -2.00. The highest BCUT2D eigenvalue weighted by atomic mass is 16.5. The van der Waals surface area contributed by atoms with Gasteiger partial charge in [-0.25, -0.2) is 4.68 Å². The molecule has 0 bridgehead atoms. The quantitative estimate of drug-likeness (QED) is 0.845. The fraction of sp³-hybridized carbons (Fsp3) is 0.714. The van der Waals surface area contributed by atoms with Crippen LogP contribution in [0.4, 0.5) is 5.95 Å². The largest absolute Gasteiger partial charge is 0.382 e. The highest BCUT2D eigenvalue weighted by Gasteiger charge is 2.40. The van der Waals surface area contributed by atoms with E-state index in [1.807, 2.05) is 34.1 Å². The third-order valence-corrected chi connectivity index (χ3v) is 4.06. The summed E-state index contributed by atoms with van der Waals surface area (Å²) in [5.74, 6) is 1.10. The third-order valence-electron chi connectivity index (χ3n) is 4.06. The molecule has 3 heterocycles. The minimum Gasteiger partial charge on any atom is -0.382 e. The number of likely N-dealkylation sites (tertiary alicyclic amines) is 1. The Morgan fingerprint density at radius 2 is 2.22 bits per heavy atom. The van der Waals surface area contributed by atoms with Gasteiger partial charge in [0, 0.05) is 33.2 Å². The van der Waals surface area contributed by atoms with E-state index >= 15 is 0 Å². The standard InChI is InChI=1S/C14H23N7O2/c1-10(2)21-7-11(16-18-21)14(22)5-6-20(9-14)8-12-15-13(17-23-12)19(3)4/h7,10,22H,5-6,8-9H2,1-4H3. The summed E-state index contributed by atoms with van der Waals surface area (Å²) in [4.78, 5) is 8.19. The number of β-amino-alcohol motifs (C(OH)–C–C–N with tert-alkyl or cyclic N) is 1. The van der Waals surface area contributed by atoms with Gasteiger partial charge < -0.3 is 14.5 Å². The number of nitrogens with zero attached hydrogens (tertiary/aromatic N) is 7. The van der Waals surface area contributed by atoms with E-state index in [1.54, 1.807) is 9.58 Å². The predicted molar refractivity (Wildman–Crippen MR) is 82.8 cm³/mol. The van der Waals surface area contributed by atoms with Gasteiger partial charge in [0.05, 0.1) is 12.7 Å². The minimum atomic E-state index is -0.975. The van der Waals surface area contributed by atoms with Crippen LogP contribution in [-0.4, -0.2) is 62.3 Å². The summed E-state index contributed by atoms with van der Waals surface area (Å²) in [5, 5.41) is 23.0. The summed E-state index contributed by atoms with van der Waals surface area (Å²) in [5.41, 5.74) is -0.356. The van der Waals surface area contributed by atoms with E-state index in [4.69, 9.17) is 4.52 Å². The zero-order chi connectivity index (χ0) is 16.6. The summed E-state index contributed by atoms with van der Waals surface area (Å²) in [6.07, 6.45) is 2.43. The Labute approximate surface area is 134 Å². The molecular formula is C14H23N7O2. The first-order chi connectivity index (χ1) is 10.9. The molecule has 2 aromatic heterocycles. The van der Waals surface area contributed by atoms with Gasteiger partial charge in [0.1, 0.15) is 11.3 Å². The minimum absolute atomic E-state index is 0.222. The van der Waals surface area contributed by atoms with Crippen molar-refractivity contribution in [2.24, 2.45) is 0 Å². The molecule has 126 valence electrons. The van der Waals surface area contributed by atoms with Crippen LogP contribution in [-0.2, 0) is 12.1 Å². The van der Waals surface area contributed by atoms with Crippen LogP contribution >= 0.6 is 0 Å². The second-order valence-electron chi connectivity index (χ2n) is 6.55. The summed E-state index contributed by atoms with van der Waals surface area (Å²) < 4.78 is 7.00. The molecule has 1 N–H and O–H groups in total. The lowest BCUT2D eigenvalue weighted by atomic mass is 10.00. The summed E-state index contributed by atoms with van der Waals surface area (Å²) in [6.45, 7) is 5.79. The third kappa shape index (κ3) is 3.20. The molecule has 1 saturated heterocycles. The monoisotopic (exact) mass is 321 g/mol. The first kappa shape index (κ1) is 15.9. The average Bonchev–Trinajstić information content (AvgIpc) is 3.19. The van der Waals surface area contributed by atoms with Gasteiger partial charge in [0.25, 0.3) is 5.95 Å². The molecule has 0 aromatic carbocycles. The maximum absolute atomic E-state index is 10.9. The molecule has 1 aliphatic heterocycles. The van der Waals surface area contributed by atoms with E-state index in [0.29, 0.717) is 37.0 Å². The van der Waals surface area contributed by atoms with E-state index in [1.165, 1.54) is 0 Å². The predicted octanol–water partition coefficient (Wildman–Crippen LogP) is 0.401. The van der Waals surface area contributed by atoms with Gasteiger partial charge in [-0.05, 0) is 25.4 Å². The Morgan fingerprint density at radius 3 is 2.83 bits per heavy atom. The van der Waals surface area contributed by atoms with Crippen LogP contribution in [0.3, 0.4) is 0 Å². The van der Waals surface area contributed by atoms with Crippen molar-refractivity contribution in [2.45, 2.75) is 38.5 Å². The van der Waals surface area contributed by atoms with Gasteiger partial charge >= 0.3 is 0 Å². The number of rotatable bonds is 5. The SMILES string of the molecule is CC(C)n1cc(C2(O)CCN(Cc3nc(N(C)C)no3)C2)nn1. The van der Waals surface area contributed by atoms with Gasteiger partial charge in [-0.2, -0.15) is 4.98 Å².